The first-order valence-electron chi connectivity index (χ1n) is 5.91. The van der Waals surface area contributed by atoms with Crippen molar-refractivity contribution in [2.24, 2.45) is 0 Å². The first-order chi connectivity index (χ1) is 8.20. The maximum Gasteiger partial charge on any atom is 0.325 e. The predicted molar refractivity (Wildman–Crippen MR) is 65.0 cm³/mol. The van der Waals surface area contributed by atoms with E-state index in [1.807, 2.05) is 0 Å². The van der Waals surface area contributed by atoms with Gasteiger partial charge in [-0.05, 0) is 33.6 Å². The molecular weight excluding hydrogens is 238 g/mol. The summed E-state index contributed by atoms with van der Waals surface area (Å²) in [6, 6.07) is 0. The Bertz CT molecular complexity index is 306. The molecule has 0 aromatic rings. The van der Waals surface area contributed by atoms with Crippen LogP contribution in [0.5, 0.6) is 0 Å². The van der Waals surface area contributed by atoms with E-state index >= 15 is 0 Å². The van der Waals surface area contributed by atoms with Crippen LogP contribution in [0.3, 0.4) is 0 Å². The number of carboxylic acid groups (broad SMARTS) is 1. The standard InChI is InChI=1S/C12H21NO5/c1-12(2,3)18-11(17)8-13-9(14)6-4-5-7-10(15)16/h4-8H2,1-3H3,(H,13,14)(H,15,16). The number of amides is 1. The van der Waals surface area contributed by atoms with Crippen LogP contribution < -0.4 is 5.32 Å². The third kappa shape index (κ3) is 10.9. The topological polar surface area (TPSA) is 92.7 Å². The second kappa shape index (κ2) is 7.68. The van der Waals surface area contributed by atoms with Crippen LogP contribution in [0.1, 0.15) is 46.5 Å². The highest BCUT2D eigenvalue weighted by Gasteiger charge is 2.16. The van der Waals surface area contributed by atoms with E-state index in [0.717, 1.165) is 0 Å². The van der Waals surface area contributed by atoms with Gasteiger partial charge in [0, 0.05) is 12.8 Å². The first kappa shape index (κ1) is 16.4. The van der Waals surface area contributed by atoms with Gasteiger partial charge in [0.1, 0.15) is 12.1 Å². The smallest absolute Gasteiger partial charge is 0.325 e. The molecule has 0 aliphatic carbocycles. The van der Waals surface area contributed by atoms with Crippen molar-refractivity contribution >= 4 is 17.8 Å². The van der Waals surface area contributed by atoms with E-state index in [4.69, 9.17) is 9.84 Å². The lowest BCUT2D eigenvalue weighted by Crippen LogP contribution is -2.34. The predicted octanol–water partition coefficient (Wildman–Crippen LogP) is 1.09. The number of unbranched alkanes of at least 4 members (excludes halogenated alkanes) is 1. The normalized spacial score (nSPS) is 10.8. The van der Waals surface area contributed by atoms with Crippen LogP contribution in [0.25, 0.3) is 0 Å². The number of rotatable bonds is 7. The molecule has 0 radical (unpaired) electrons. The molecule has 0 fully saturated rings. The number of hydrogen-bond donors (Lipinski definition) is 2. The Morgan fingerprint density at radius 3 is 2.17 bits per heavy atom. The fraction of sp³-hybridized carbons (Fsp3) is 0.750. The van der Waals surface area contributed by atoms with E-state index < -0.39 is 17.5 Å². The Hall–Kier alpha value is -1.59. The molecule has 0 heterocycles. The number of carboxylic acids is 1. The summed E-state index contributed by atoms with van der Waals surface area (Å²) in [6.45, 7) is 5.09. The van der Waals surface area contributed by atoms with Crippen molar-refractivity contribution in [3.05, 3.63) is 0 Å². The van der Waals surface area contributed by atoms with Crippen LogP contribution in [-0.4, -0.2) is 35.1 Å². The number of carbonyl (C=O) groups is 3. The second-order valence-corrected chi connectivity index (χ2v) is 4.96. The van der Waals surface area contributed by atoms with Crippen LogP contribution >= 0.6 is 0 Å². The van der Waals surface area contributed by atoms with Crippen LogP contribution in [0.4, 0.5) is 0 Å². The lowest BCUT2D eigenvalue weighted by Gasteiger charge is -2.19. The van der Waals surface area contributed by atoms with Crippen molar-refractivity contribution in [3.63, 3.8) is 0 Å². The van der Waals surface area contributed by atoms with Gasteiger partial charge in [0.05, 0.1) is 0 Å². The Morgan fingerprint density at radius 2 is 1.67 bits per heavy atom. The molecule has 0 atom stereocenters. The van der Waals surface area contributed by atoms with Gasteiger partial charge in [-0.2, -0.15) is 0 Å². The van der Waals surface area contributed by atoms with Crippen molar-refractivity contribution in [2.75, 3.05) is 6.54 Å². The van der Waals surface area contributed by atoms with E-state index in [2.05, 4.69) is 5.32 Å². The number of hydrogen-bond acceptors (Lipinski definition) is 4. The van der Waals surface area contributed by atoms with E-state index in [1.165, 1.54) is 0 Å². The van der Waals surface area contributed by atoms with Gasteiger partial charge in [0.2, 0.25) is 5.91 Å². The minimum absolute atomic E-state index is 0.0549. The van der Waals surface area contributed by atoms with E-state index in [-0.39, 0.29) is 25.3 Å². The molecule has 104 valence electrons. The van der Waals surface area contributed by atoms with Crippen LogP contribution in [0.2, 0.25) is 0 Å². The lowest BCUT2D eigenvalue weighted by molar-refractivity contribution is -0.154. The van der Waals surface area contributed by atoms with Gasteiger partial charge in [-0.3, -0.25) is 14.4 Å². The molecule has 0 spiro atoms. The van der Waals surface area contributed by atoms with Gasteiger partial charge in [0.15, 0.2) is 0 Å². The molecule has 0 saturated carbocycles. The zero-order valence-corrected chi connectivity index (χ0v) is 11.1. The maximum absolute atomic E-state index is 11.3. The highest BCUT2D eigenvalue weighted by atomic mass is 16.6. The van der Waals surface area contributed by atoms with Crippen LogP contribution in [0, 0.1) is 0 Å². The molecule has 0 saturated heterocycles. The summed E-state index contributed by atoms with van der Waals surface area (Å²) in [4.78, 5) is 32.8. The quantitative estimate of drug-likeness (QED) is 0.527. The van der Waals surface area contributed by atoms with Crippen molar-refractivity contribution in [3.8, 4) is 0 Å². The van der Waals surface area contributed by atoms with Gasteiger partial charge in [-0.15, -0.1) is 0 Å². The number of aliphatic carboxylic acids is 1. The SMILES string of the molecule is CC(C)(C)OC(=O)CNC(=O)CCCCC(=O)O. The summed E-state index contributed by atoms with van der Waals surface area (Å²) in [5.41, 5.74) is -0.566. The largest absolute Gasteiger partial charge is 0.481 e. The van der Waals surface area contributed by atoms with E-state index in [0.29, 0.717) is 12.8 Å². The van der Waals surface area contributed by atoms with Crippen molar-refractivity contribution < 1.29 is 24.2 Å². The maximum atomic E-state index is 11.3. The summed E-state index contributed by atoms with van der Waals surface area (Å²) in [5.74, 6) is -1.63. The summed E-state index contributed by atoms with van der Waals surface area (Å²) in [5, 5.41) is 10.8. The van der Waals surface area contributed by atoms with Crippen molar-refractivity contribution in [1.29, 1.82) is 0 Å². The fourth-order valence-corrected chi connectivity index (χ4v) is 1.20. The molecule has 2 N–H and O–H groups in total. The van der Waals surface area contributed by atoms with Gasteiger partial charge < -0.3 is 15.2 Å². The molecule has 0 aromatic carbocycles. The average Bonchev–Trinajstić information content (AvgIpc) is 2.19. The van der Waals surface area contributed by atoms with Crippen molar-refractivity contribution in [1.82, 2.24) is 5.32 Å². The minimum Gasteiger partial charge on any atom is -0.481 e. The summed E-state index contributed by atoms with van der Waals surface area (Å²) < 4.78 is 5.01. The van der Waals surface area contributed by atoms with E-state index in [9.17, 15) is 14.4 Å². The molecular formula is C12H21NO5. The third-order valence-corrected chi connectivity index (χ3v) is 1.89. The second-order valence-electron chi connectivity index (χ2n) is 4.96. The lowest BCUT2D eigenvalue weighted by atomic mass is 10.2. The molecule has 0 rings (SSSR count). The monoisotopic (exact) mass is 259 g/mol. The zero-order valence-electron chi connectivity index (χ0n) is 11.1. The van der Waals surface area contributed by atoms with Crippen LogP contribution in [0.15, 0.2) is 0 Å². The molecule has 18 heavy (non-hydrogen) atoms. The molecule has 0 unspecified atom stereocenters. The van der Waals surface area contributed by atoms with Crippen molar-refractivity contribution in [2.45, 2.75) is 52.1 Å². The number of esters is 1. The average molecular weight is 259 g/mol. The number of nitrogens with one attached hydrogen (secondary N) is 1. The summed E-state index contributed by atoms with van der Waals surface area (Å²) in [6.07, 6.45) is 1.22. The molecule has 0 aromatic heterocycles. The van der Waals surface area contributed by atoms with E-state index in [1.54, 1.807) is 20.8 Å². The Labute approximate surface area is 107 Å². The molecule has 0 aliphatic heterocycles. The molecule has 6 nitrogen and oxygen atoms in total. The number of ether oxygens (including phenoxy) is 1. The fourth-order valence-electron chi connectivity index (χ4n) is 1.20. The van der Waals surface area contributed by atoms with Gasteiger partial charge in [-0.1, -0.05) is 0 Å². The summed E-state index contributed by atoms with van der Waals surface area (Å²) in [7, 11) is 0. The first-order valence-corrected chi connectivity index (χ1v) is 5.91. The minimum atomic E-state index is -0.871. The van der Waals surface area contributed by atoms with Gasteiger partial charge in [0.25, 0.3) is 0 Å². The van der Waals surface area contributed by atoms with Gasteiger partial charge >= 0.3 is 11.9 Å². The highest BCUT2D eigenvalue weighted by molar-refractivity contribution is 5.82. The molecule has 0 bridgehead atoms. The molecule has 1 amide bonds. The van der Waals surface area contributed by atoms with Gasteiger partial charge in [-0.25, -0.2) is 0 Å². The number of carbonyl (C=O) groups excluding carboxylic acids is 2. The van der Waals surface area contributed by atoms with Crippen LogP contribution in [-0.2, 0) is 19.1 Å². The molecule has 6 heteroatoms. The Morgan fingerprint density at radius 1 is 1.11 bits per heavy atom. The summed E-state index contributed by atoms with van der Waals surface area (Å²) >= 11 is 0. The highest BCUT2D eigenvalue weighted by Crippen LogP contribution is 2.06. The Balaban J connectivity index is 3.64. The zero-order chi connectivity index (χ0) is 14.2. The Kier molecular flexibility index (Phi) is 7.00. The third-order valence-electron chi connectivity index (χ3n) is 1.89. The molecule has 0 aliphatic rings.